The predicted octanol–water partition coefficient (Wildman–Crippen LogP) is 0.937. The van der Waals surface area contributed by atoms with E-state index in [-0.39, 0.29) is 12.6 Å². The lowest BCUT2D eigenvalue weighted by molar-refractivity contribution is 0.361. The molecule has 0 aliphatic heterocycles. The van der Waals surface area contributed by atoms with E-state index in [9.17, 15) is 0 Å². The molecule has 0 saturated heterocycles. The van der Waals surface area contributed by atoms with Crippen LogP contribution in [0.4, 0.5) is 0 Å². The molecule has 3 heteroatoms. The largest absolute Gasteiger partial charge is 0.391 e. The number of aliphatic hydroxyl groups excluding tert-OH is 1. The first-order chi connectivity index (χ1) is 5.72. The Morgan fingerprint density at radius 2 is 2.25 bits per heavy atom. The zero-order valence-corrected chi connectivity index (χ0v) is 7.77. The standard InChI is InChI=1S/C9H18N2O/c1-3-8(2)9(10)4-5-11-6-7-12/h4-6,8-9,12H,3,7,10H2,1-2H3/b5-4-,11-6?. The summed E-state index contributed by atoms with van der Waals surface area (Å²) < 4.78 is 0. The van der Waals surface area contributed by atoms with Crippen LogP contribution in [0, 0.1) is 5.92 Å². The second-order valence-corrected chi connectivity index (χ2v) is 2.82. The Hall–Kier alpha value is -0.670. The van der Waals surface area contributed by atoms with Gasteiger partial charge in [0.15, 0.2) is 0 Å². The zero-order chi connectivity index (χ0) is 9.40. The summed E-state index contributed by atoms with van der Waals surface area (Å²) in [7, 11) is 0. The summed E-state index contributed by atoms with van der Waals surface area (Å²) in [6, 6.07) is 0.0610. The van der Waals surface area contributed by atoms with Gasteiger partial charge in [0.1, 0.15) is 0 Å². The second-order valence-electron chi connectivity index (χ2n) is 2.82. The molecule has 0 amide bonds. The first kappa shape index (κ1) is 11.3. The molecule has 70 valence electrons. The van der Waals surface area contributed by atoms with Crippen molar-refractivity contribution in [2.24, 2.45) is 16.6 Å². The fraction of sp³-hybridized carbons (Fsp3) is 0.667. The van der Waals surface area contributed by atoms with Crippen molar-refractivity contribution in [3.05, 3.63) is 12.3 Å². The van der Waals surface area contributed by atoms with E-state index in [0.717, 1.165) is 6.42 Å². The van der Waals surface area contributed by atoms with Gasteiger partial charge in [-0.1, -0.05) is 20.3 Å². The van der Waals surface area contributed by atoms with Crippen molar-refractivity contribution in [3.8, 4) is 0 Å². The van der Waals surface area contributed by atoms with Crippen LogP contribution < -0.4 is 5.73 Å². The van der Waals surface area contributed by atoms with Crippen LogP contribution in [0.2, 0.25) is 0 Å². The average Bonchev–Trinajstić information content (AvgIpc) is 2.10. The molecule has 0 aliphatic rings. The molecule has 2 atom stereocenters. The number of hydrogen-bond acceptors (Lipinski definition) is 3. The summed E-state index contributed by atoms with van der Waals surface area (Å²) in [5, 5.41) is 8.37. The third kappa shape index (κ3) is 5.04. The predicted molar refractivity (Wildman–Crippen MR) is 52.1 cm³/mol. The minimum absolute atomic E-state index is 0.0249. The first-order valence-electron chi connectivity index (χ1n) is 4.27. The van der Waals surface area contributed by atoms with E-state index in [4.69, 9.17) is 10.8 Å². The number of aliphatic hydroxyl groups is 1. The first-order valence-corrected chi connectivity index (χ1v) is 4.27. The van der Waals surface area contributed by atoms with Gasteiger partial charge < -0.3 is 10.8 Å². The van der Waals surface area contributed by atoms with Gasteiger partial charge in [-0.2, -0.15) is 0 Å². The van der Waals surface area contributed by atoms with E-state index >= 15 is 0 Å². The van der Waals surface area contributed by atoms with Crippen LogP contribution in [0.3, 0.4) is 0 Å². The quantitative estimate of drug-likeness (QED) is 0.603. The van der Waals surface area contributed by atoms with Crippen molar-refractivity contribution in [3.63, 3.8) is 0 Å². The van der Waals surface area contributed by atoms with E-state index in [1.807, 2.05) is 6.08 Å². The van der Waals surface area contributed by atoms with Gasteiger partial charge in [0.05, 0.1) is 6.61 Å². The maximum atomic E-state index is 8.37. The molecule has 0 aromatic carbocycles. The maximum absolute atomic E-state index is 8.37. The lowest BCUT2D eigenvalue weighted by atomic mass is 10.0. The summed E-state index contributed by atoms with van der Waals surface area (Å²) in [5.74, 6) is 0.477. The van der Waals surface area contributed by atoms with Crippen LogP contribution in [-0.2, 0) is 0 Å². The van der Waals surface area contributed by atoms with E-state index in [2.05, 4.69) is 18.8 Å². The molecule has 0 radical (unpaired) electrons. The monoisotopic (exact) mass is 170 g/mol. The number of hydrogen-bond donors (Lipinski definition) is 2. The van der Waals surface area contributed by atoms with Crippen LogP contribution >= 0.6 is 0 Å². The fourth-order valence-corrected chi connectivity index (χ4v) is 0.719. The molecule has 0 heterocycles. The Morgan fingerprint density at radius 3 is 2.75 bits per heavy atom. The number of nitrogens with zero attached hydrogens (tertiary/aromatic N) is 1. The number of aliphatic imine (C=N–C) groups is 1. The Kier molecular flexibility index (Phi) is 6.61. The summed E-state index contributed by atoms with van der Waals surface area (Å²) >= 11 is 0. The molecule has 3 nitrogen and oxygen atoms in total. The third-order valence-electron chi connectivity index (χ3n) is 1.88. The molecule has 2 unspecified atom stereocenters. The number of nitrogens with two attached hydrogens (primary N) is 1. The molecule has 0 aromatic heterocycles. The highest BCUT2D eigenvalue weighted by Gasteiger charge is 2.05. The Bertz CT molecular complexity index is 155. The van der Waals surface area contributed by atoms with Gasteiger partial charge in [-0.05, 0) is 12.0 Å². The van der Waals surface area contributed by atoms with Gasteiger partial charge in [0, 0.05) is 18.5 Å². The summed E-state index contributed by atoms with van der Waals surface area (Å²) in [6.07, 6.45) is 5.97. The highest BCUT2D eigenvalue weighted by molar-refractivity contribution is 5.58. The van der Waals surface area contributed by atoms with Crippen molar-refractivity contribution in [2.45, 2.75) is 26.3 Å². The highest BCUT2D eigenvalue weighted by Crippen LogP contribution is 2.05. The minimum atomic E-state index is -0.0249. The maximum Gasteiger partial charge on any atom is 0.0783 e. The molecule has 0 saturated carbocycles. The summed E-state index contributed by atoms with van der Waals surface area (Å²) in [6.45, 7) is 4.18. The van der Waals surface area contributed by atoms with Gasteiger partial charge in [-0.15, -0.1) is 0 Å². The molecule has 0 aliphatic carbocycles. The Labute approximate surface area is 74.0 Å². The van der Waals surface area contributed by atoms with E-state index in [1.165, 1.54) is 6.21 Å². The third-order valence-corrected chi connectivity index (χ3v) is 1.88. The lowest BCUT2D eigenvalue weighted by Crippen LogP contribution is -2.24. The molecule has 3 N–H and O–H groups in total. The van der Waals surface area contributed by atoms with Crippen molar-refractivity contribution in [1.82, 2.24) is 0 Å². The lowest BCUT2D eigenvalue weighted by Gasteiger charge is -2.12. The van der Waals surface area contributed by atoms with Crippen LogP contribution in [0.1, 0.15) is 20.3 Å². The van der Waals surface area contributed by atoms with Crippen LogP contribution in [0.15, 0.2) is 17.3 Å². The van der Waals surface area contributed by atoms with E-state index < -0.39 is 0 Å². The topological polar surface area (TPSA) is 58.6 Å². The van der Waals surface area contributed by atoms with E-state index in [0.29, 0.717) is 5.92 Å². The van der Waals surface area contributed by atoms with Crippen LogP contribution in [0.5, 0.6) is 0 Å². The summed E-state index contributed by atoms with van der Waals surface area (Å²) in [4.78, 5) is 3.81. The Balaban J connectivity index is 3.74. The van der Waals surface area contributed by atoms with Gasteiger partial charge >= 0.3 is 0 Å². The van der Waals surface area contributed by atoms with Crippen LogP contribution in [-0.4, -0.2) is 24.0 Å². The molecule has 12 heavy (non-hydrogen) atoms. The van der Waals surface area contributed by atoms with Gasteiger partial charge in [0.2, 0.25) is 0 Å². The number of rotatable bonds is 5. The molecular weight excluding hydrogens is 152 g/mol. The summed E-state index contributed by atoms with van der Waals surface area (Å²) in [5.41, 5.74) is 5.79. The molecular formula is C9H18N2O. The average molecular weight is 170 g/mol. The van der Waals surface area contributed by atoms with Crippen molar-refractivity contribution in [1.29, 1.82) is 0 Å². The smallest absolute Gasteiger partial charge is 0.0783 e. The highest BCUT2D eigenvalue weighted by atomic mass is 16.2. The van der Waals surface area contributed by atoms with Gasteiger partial charge in [-0.3, -0.25) is 4.99 Å². The van der Waals surface area contributed by atoms with Gasteiger partial charge in [0.25, 0.3) is 0 Å². The minimum Gasteiger partial charge on any atom is -0.391 e. The van der Waals surface area contributed by atoms with Crippen molar-refractivity contribution in [2.75, 3.05) is 6.61 Å². The molecule has 0 aromatic rings. The SMILES string of the molecule is CCC(C)C(N)/C=C\N=CCO. The molecule has 0 spiro atoms. The zero-order valence-electron chi connectivity index (χ0n) is 7.77. The van der Waals surface area contributed by atoms with Crippen molar-refractivity contribution < 1.29 is 5.11 Å². The fourth-order valence-electron chi connectivity index (χ4n) is 0.719. The van der Waals surface area contributed by atoms with Crippen LogP contribution in [0.25, 0.3) is 0 Å². The second kappa shape index (κ2) is 7.00. The molecule has 0 bridgehead atoms. The molecule has 0 fully saturated rings. The molecule has 0 rings (SSSR count). The van der Waals surface area contributed by atoms with Gasteiger partial charge in [-0.25, -0.2) is 0 Å². The van der Waals surface area contributed by atoms with Crippen molar-refractivity contribution >= 4 is 6.21 Å². The Morgan fingerprint density at radius 1 is 1.58 bits per heavy atom. The van der Waals surface area contributed by atoms with E-state index in [1.54, 1.807) is 6.20 Å². The normalized spacial score (nSPS) is 17.3.